The van der Waals surface area contributed by atoms with Gasteiger partial charge >= 0.3 is 0 Å². The summed E-state index contributed by atoms with van der Waals surface area (Å²) in [4.78, 5) is 0. The van der Waals surface area contributed by atoms with E-state index < -0.39 is 0 Å². The Kier molecular flexibility index (Phi) is 1.25. The molecule has 0 unspecified atom stereocenters. The zero-order valence-electron chi connectivity index (χ0n) is 3.47. The van der Waals surface area contributed by atoms with Gasteiger partial charge in [-0.3, -0.25) is 0 Å². The highest BCUT2D eigenvalue weighted by molar-refractivity contribution is 8.77. The van der Waals surface area contributed by atoms with Crippen molar-refractivity contribution in [2.45, 2.75) is 0 Å². The molecule has 1 heterocycles. The summed E-state index contributed by atoms with van der Waals surface area (Å²) in [6.45, 7) is 0. The lowest BCUT2D eigenvalue weighted by molar-refractivity contribution is 1.14. The van der Waals surface area contributed by atoms with Crippen LogP contribution in [0.3, 0.4) is 0 Å². The van der Waals surface area contributed by atoms with Gasteiger partial charge in [0.1, 0.15) is 10.9 Å². The van der Waals surface area contributed by atoms with Crippen LogP contribution in [0.15, 0.2) is 10.9 Å². The van der Waals surface area contributed by atoms with Gasteiger partial charge in [-0.1, -0.05) is 0 Å². The average molecular weight is 135 g/mol. The van der Waals surface area contributed by atoms with Crippen LogP contribution < -0.4 is 16.2 Å². The minimum Gasteiger partial charge on any atom is -0.390 e. The first-order valence-corrected chi connectivity index (χ1v) is 3.80. The molecule has 0 aromatic heterocycles. The quantitative estimate of drug-likeness (QED) is 0.320. The van der Waals surface area contributed by atoms with Crippen LogP contribution in [0.4, 0.5) is 0 Å². The fourth-order valence-electron chi connectivity index (χ4n) is 0.206. The van der Waals surface area contributed by atoms with Crippen LogP contribution in [0.25, 0.3) is 0 Å². The van der Waals surface area contributed by atoms with E-state index in [9.17, 15) is 0 Å². The molecule has 40 valence electrons. The lowest BCUT2D eigenvalue weighted by atomic mass is 10.8. The van der Waals surface area contributed by atoms with Crippen LogP contribution >= 0.6 is 21.8 Å². The number of nitrogens with two attached hydrogens (primary N) is 2. The monoisotopic (exact) mass is 135 g/mol. The Morgan fingerprint density at radius 1 is 1.43 bits per heavy atom. The number of hydrogen-bond donors (Lipinski definition) is 3. The molecule has 0 bridgehead atoms. The van der Waals surface area contributed by atoms with Gasteiger partial charge in [-0.25, -0.2) is 0 Å². The van der Waals surface area contributed by atoms with Crippen molar-refractivity contribution in [3.63, 3.8) is 0 Å². The van der Waals surface area contributed by atoms with Gasteiger partial charge in [-0.15, -0.1) is 0 Å². The van der Waals surface area contributed by atoms with Gasteiger partial charge in [0.05, 0.1) is 0 Å². The third kappa shape index (κ3) is 0.889. The first kappa shape index (κ1) is 4.99. The van der Waals surface area contributed by atoms with Gasteiger partial charge in [0.2, 0.25) is 0 Å². The van der Waals surface area contributed by atoms with Crippen LogP contribution in [0.1, 0.15) is 0 Å². The van der Waals surface area contributed by atoms with Crippen molar-refractivity contribution >= 4 is 21.8 Å². The van der Waals surface area contributed by atoms with Crippen molar-refractivity contribution in [3.05, 3.63) is 10.9 Å². The Labute approximate surface area is 49.4 Å². The summed E-state index contributed by atoms with van der Waals surface area (Å²) < 4.78 is 2.78. The summed E-state index contributed by atoms with van der Waals surface area (Å²) in [6, 6.07) is 0. The highest BCUT2D eigenvalue weighted by atomic mass is 33.1. The van der Waals surface area contributed by atoms with Crippen molar-refractivity contribution < 1.29 is 0 Å². The molecule has 0 spiro atoms. The fraction of sp³-hybridized carbons (Fsp3) is 0. The lowest BCUT2D eigenvalue weighted by Gasteiger charge is -1.87. The van der Waals surface area contributed by atoms with E-state index in [0.29, 0.717) is 10.9 Å². The van der Waals surface area contributed by atoms with Crippen molar-refractivity contribution in [1.82, 2.24) is 4.72 Å². The Bertz CT molecular complexity index is 97.5. The summed E-state index contributed by atoms with van der Waals surface area (Å²) >= 11 is 0. The van der Waals surface area contributed by atoms with Crippen molar-refractivity contribution in [2.24, 2.45) is 11.5 Å². The molecule has 0 atom stereocenters. The van der Waals surface area contributed by atoms with E-state index in [-0.39, 0.29) is 0 Å². The molecular weight excluding hydrogens is 130 g/mol. The molecule has 5 N–H and O–H groups in total. The highest BCUT2D eigenvalue weighted by Gasteiger charge is 2.06. The smallest absolute Gasteiger partial charge is 0.138 e. The third-order valence-corrected chi connectivity index (χ3v) is 2.37. The van der Waals surface area contributed by atoms with Crippen LogP contribution in [-0.4, -0.2) is 0 Å². The van der Waals surface area contributed by atoms with E-state index >= 15 is 0 Å². The molecule has 0 aromatic rings. The molecule has 0 amide bonds. The second-order valence-electron chi connectivity index (χ2n) is 1.05. The Morgan fingerprint density at radius 3 is 2.29 bits per heavy atom. The molecule has 7 heavy (non-hydrogen) atoms. The summed E-state index contributed by atoms with van der Waals surface area (Å²) in [7, 11) is 2.88. The van der Waals surface area contributed by atoms with Crippen LogP contribution in [-0.2, 0) is 0 Å². The predicted octanol–water partition coefficient (Wildman–Crippen LogP) is -0.0700. The standard InChI is InChI=1S/C2H5N3S2/c3-1-2(4)6-7-5-1/h5H,3-4H2. The van der Waals surface area contributed by atoms with Crippen LogP contribution in [0.2, 0.25) is 0 Å². The molecule has 0 aromatic carbocycles. The highest BCUT2D eigenvalue weighted by Crippen LogP contribution is 2.30. The van der Waals surface area contributed by atoms with Gasteiger partial charge in [0.15, 0.2) is 0 Å². The fourth-order valence-corrected chi connectivity index (χ4v) is 1.68. The van der Waals surface area contributed by atoms with Crippen LogP contribution in [0.5, 0.6) is 0 Å². The maximum absolute atomic E-state index is 5.31. The maximum atomic E-state index is 5.31. The zero-order valence-corrected chi connectivity index (χ0v) is 5.10. The van der Waals surface area contributed by atoms with Gasteiger partial charge in [-0.05, 0) is 10.8 Å². The lowest BCUT2D eigenvalue weighted by Crippen LogP contribution is -2.11. The van der Waals surface area contributed by atoms with Gasteiger partial charge in [0.25, 0.3) is 0 Å². The topological polar surface area (TPSA) is 64.1 Å². The summed E-state index contributed by atoms with van der Waals surface area (Å²) in [5.41, 5.74) is 10.6. The van der Waals surface area contributed by atoms with Crippen LogP contribution in [0, 0.1) is 0 Å². The molecule has 0 fully saturated rings. The molecule has 3 nitrogen and oxygen atoms in total. The third-order valence-electron chi connectivity index (χ3n) is 0.549. The molecule has 5 heteroatoms. The normalized spacial score (nSPS) is 20.0. The van der Waals surface area contributed by atoms with Gasteiger partial charge < -0.3 is 16.2 Å². The van der Waals surface area contributed by atoms with Gasteiger partial charge in [-0.2, -0.15) is 0 Å². The summed E-state index contributed by atoms with van der Waals surface area (Å²) in [6.07, 6.45) is 0. The van der Waals surface area contributed by atoms with E-state index in [0.717, 1.165) is 0 Å². The second kappa shape index (κ2) is 1.75. The molecule has 1 aliphatic heterocycles. The second-order valence-corrected chi connectivity index (χ2v) is 3.02. The van der Waals surface area contributed by atoms with Crippen molar-refractivity contribution in [2.75, 3.05) is 0 Å². The molecule has 0 radical (unpaired) electrons. The Hall–Kier alpha value is -0.160. The molecule has 0 saturated carbocycles. The summed E-state index contributed by atoms with van der Waals surface area (Å²) in [5.74, 6) is 0.579. The first-order chi connectivity index (χ1) is 3.30. The number of hydrogen-bond acceptors (Lipinski definition) is 5. The van der Waals surface area contributed by atoms with E-state index in [1.165, 1.54) is 21.8 Å². The minimum absolute atomic E-state index is 0.579. The summed E-state index contributed by atoms with van der Waals surface area (Å²) in [5, 5.41) is 0.671. The minimum atomic E-state index is 0.579. The molecular formula is C2H5N3S2. The molecule has 0 saturated heterocycles. The van der Waals surface area contributed by atoms with E-state index in [2.05, 4.69) is 4.72 Å². The number of rotatable bonds is 0. The average Bonchev–Trinajstić information content (AvgIpc) is 1.91. The largest absolute Gasteiger partial charge is 0.390 e. The van der Waals surface area contributed by atoms with E-state index in [1.807, 2.05) is 0 Å². The molecule has 1 aliphatic rings. The predicted molar refractivity (Wildman–Crippen MR) is 33.7 cm³/mol. The maximum Gasteiger partial charge on any atom is 0.138 e. The van der Waals surface area contributed by atoms with E-state index in [1.54, 1.807) is 0 Å². The van der Waals surface area contributed by atoms with E-state index in [4.69, 9.17) is 11.5 Å². The Balaban J connectivity index is 2.64. The molecule has 1 rings (SSSR count). The molecule has 0 aliphatic carbocycles. The SMILES string of the molecule is NC1=C(N)SSN1. The Morgan fingerprint density at radius 2 is 2.14 bits per heavy atom. The first-order valence-electron chi connectivity index (χ1n) is 1.65. The number of nitrogens with one attached hydrogen (secondary N) is 1. The zero-order chi connectivity index (χ0) is 5.28. The van der Waals surface area contributed by atoms with Crippen molar-refractivity contribution in [3.8, 4) is 0 Å². The van der Waals surface area contributed by atoms with Crippen molar-refractivity contribution in [1.29, 1.82) is 0 Å². The van der Waals surface area contributed by atoms with Gasteiger partial charge in [0, 0.05) is 11.0 Å².